The van der Waals surface area contributed by atoms with Crippen molar-refractivity contribution in [3.8, 4) is 11.3 Å². The maximum Gasteiger partial charge on any atom is 0.263 e. The van der Waals surface area contributed by atoms with Gasteiger partial charge in [-0.1, -0.05) is 53.7 Å². The van der Waals surface area contributed by atoms with E-state index in [1.165, 1.54) is 16.9 Å². The molecule has 1 amide bonds. The molecule has 0 aliphatic heterocycles. The third-order valence-electron chi connectivity index (χ3n) is 7.72. The molecule has 3 aromatic heterocycles. The molecule has 8 nitrogen and oxygen atoms in total. The Hall–Kier alpha value is -3.69. The lowest BCUT2D eigenvalue weighted by Crippen LogP contribution is -2.30. The van der Waals surface area contributed by atoms with Crippen molar-refractivity contribution in [3.63, 3.8) is 0 Å². The van der Waals surface area contributed by atoms with Crippen LogP contribution in [0.15, 0.2) is 43.1 Å². The van der Waals surface area contributed by atoms with Gasteiger partial charge in [-0.05, 0) is 54.5 Å². The highest BCUT2D eigenvalue weighted by Gasteiger charge is 2.23. The largest absolute Gasteiger partial charge is 0.394 e. The molecule has 4 rings (SSSR count). The molecule has 2 N–H and O–H groups in total. The summed E-state index contributed by atoms with van der Waals surface area (Å²) in [6.07, 6.45) is 9.32. The number of hydrogen-bond donors (Lipinski definition) is 2. The summed E-state index contributed by atoms with van der Waals surface area (Å²) in [5.74, 6) is 0.516. The van der Waals surface area contributed by atoms with Crippen LogP contribution in [-0.2, 0) is 12.5 Å². The number of nitrogens with zero attached hydrogens (tertiary/aromatic N) is 5. The Morgan fingerprint density at radius 1 is 1.12 bits per heavy atom. The monoisotopic (exact) mass is 586 g/mol. The van der Waals surface area contributed by atoms with E-state index in [1.807, 2.05) is 50.1 Å². The fourth-order valence-corrected chi connectivity index (χ4v) is 5.72. The topological polar surface area (TPSA) is 106 Å². The highest BCUT2D eigenvalue weighted by molar-refractivity contribution is 7.13. The Morgan fingerprint density at radius 2 is 1.86 bits per heavy atom. The van der Waals surface area contributed by atoms with Gasteiger partial charge in [-0.25, -0.2) is 15.0 Å². The maximum atomic E-state index is 13.0. The van der Waals surface area contributed by atoms with Gasteiger partial charge in [0.15, 0.2) is 0 Å². The van der Waals surface area contributed by atoms with Crippen LogP contribution >= 0.6 is 11.3 Å². The second-order valence-corrected chi connectivity index (χ2v) is 13.4. The van der Waals surface area contributed by atoms with Crippen molar-refractivity contribution in [1.82, 2.24) is 30.0 Å². The Bertz CT molecular complexity index is 1590. The highest BCUT2D eigenvalue weighted by atomic mass is 32.1. The summed E-state index contributed by atoms with van der Waals surface area (Å²) in [6.45, 7) is 16.7. The van der Waals surface area contributed by atoms with Gasteiger partial charge >= 0.3 is 0 Å². The first kappa shape index (κ1) is 31.3. The van der Waals surface area contributed by atoms with Crippen LogP contribution in [-0.4, -0.2) is 42.4 Å². The predicted molar refractivity (Wildman–Crippen MR) is 170 cm³/mol. The van der Waals surface area contributed by atoms with Gasteiger partial charge in [-0.15, -0.1) is 11.3 Å². The third kappa shape index (κ3) is 6.85. The van der Waals surface area contributed by atoms with Crippen LogP contribution < -0.4 is 5.32 Å². The average molecular weight is 587 g/mol. The van der Waals surface area contributed by atoms with Gasteiger partial charge < -0.3 is 10.4 Å². The molecule has 9 heteroatoms. The molecule has 0 fully saturated rings. The number of carbonyl (C=O) groups excluding carboxylic acids is 1. The summed E-state index contributed by atoms with van der Waals surface area (Å²) < 4.78 is 1.82. The molecule has 4 aromatic rings. The highest BCUT2D eigenvalue weighted by Crippen LogP contribution is 2.33. The first-order chi connectivity index (χ1) is 19.8. The number of aryl methyl sites for hydroxylation is 2. The first-order valence-corrected chi connectivity index (χ1v) is 15.1. The number of amides is 1. The standard InChI is InChI=1S/C33H42N6O2S/c1-19(2)21(4)26(24-14-37-39(9)16-24)13-27-22(5)30(36-18-35-27)23-10-11-25(20(3)12-23)28(17-40)38-31(41)29-15-34-32(42-29)33(6,7)8/h10-16,18-19,21,28,40H,17H2,1-9H3,(H,38,41)/b26-13+. The SMILES string of the molecule is Cc1cc(-c2ncnc(/C=C(/c3cnn(C)c3)C(C)C(C)C)c2C)ccc1C(CO)NC(=O)c1cnc(C(C)(C)C)s1. The summed E-state index contributed by atoms with van der Waals surface area (Å²) >= 11 is 1.38. The predicted octanol–water partition coefficient (Wildman–Crippen LogP) is 6.54. The molecule has 0 saturated carbocycles. The zero-order valence-electron chi connectivity index (χ0n) is 26.1. The Kier molecular flexibility index (Phi) is 9.43. The zero-order valence-corrected chi connectivity index (χ0v) is 26.9. The van der Waals surface area contributed by atoms with Gasteiger partial charge in [-0.3, -0.25) is 9.48 Å². The summed E-state index contributed by atoms with van der Waals surface area (Å²) in [5, 5.41) is 18.5. The third-order valence-corrected chi connectivity index (χ3v) is 9.14. The number of hydrogen-bond acceptors (Lipinski definition) is 7. The average Bonchev–Trinajstić information content (AvgIpc) is 3.61. The minimum atomic E-state index is -0.545. The number of benzene rings is 1. The fourth-order valence-electron chi connectivity index (χ4n) is 4.85. The molecule has 0 bridgehead atoms. The summed E-state index contributed by atoms with van der Waals surface area (Å²) in [4.78, 5) is 27.2. The number of nitrogens with one attached hydrogen (secondary N) is 1. The minimum Gasteiger partial charge on any atom is -0.394 e. The van der Waals surface area contributed by atoms with E-state index in [0.29, 0.717) is 16.7 Å². The number of rotatable bonds is 9. The van der Waals surface area contributed by atoms with Crippen molar-refractivity contribution in [3.05, 3.63) is 80.9 Å². The number of aliphatic hydroxyl groups is 1. The molecule has 2 unspecified atom stereocenters. The van der Waals surface area contributed by atoms with Gasteiger partial charge in [0, 0.05) is 35.3 Å². The zero-order chi connectivity index (χ0) is 30.8. The Morgan fingerprint density at radius 3 is 2.43 bits per heavy atom. The van der Waals surface area contributed by atoms with Gasteiger partial charge in [0.25, 0.3) is 5.91 Å². The van der Waals surface area contributed by atoms with Crippen LogP contribution in [0.4, 0.5) is 0 Å². The molecular weight excluding hydrogens is 544 g/mol. The van der Waals surface area contributed by atoms with E-state index >= 15 is 0 Å². The van der Waals surface area contributed by atoms with E-state index in [0.717, 1.165) is 44.2 Å². The molecule has 0 aliphatic carbocycles. The van der Waals surface area contributed by atoms with E-state index in [1.54, 1.807) is 12.5 Å². The number of aliphatic hydroxyl groups excluding tert-OH is 1. The second kappa shape index (κ2) is 12.7. The Labute approximate surface area is 253 Å². The molecule has 0 saturated heterocycles. The summed E-state index contributed by atoms with van der Waals surface area (Å²) in [5.41, 5.74) is 7.59. The Balaban J connectivity index is 1.63. The molecule has 222 valence electrons. The molecule has 42 heavy (non-hydrogen) atoms. The second-order valence-electron chi connectivity index (χ2n) is 12.3. The van der Waals surface area contributed by atoms with Crippen LogP contribution in [0.2, 0.25) is 0 Å². The van der Waals surface area contributed by atoms with Crippen LogP contribution in [0.1, 0.15) is 90.2 Å². The molecule has 1 aromatic carbocycles. The summed E-state index contributed by atoms with van der Waals surface area (Å²) in [6, 6.07) is 5.45. The van der Waals surface area contributed by atoms with Crippen LogP contribution in [0.5, 0.6) is 0 Å². The summed E-state index contributed by atoms with van der Waals surface area (Å²) in [7, 11) is 1.93. The van der Waals surface area contributed by atoms with Gasteiger partial charge in [0.1, 0.15) is 11.2 Å². The quantitative estimate of drug-likeness (QED) is 0.231. The lowest BCUT2D eigenvalue weighted by atomic mass is 9.86. The maximum absolute atomic E-state index is 13.0. The van der Waals surface area contributed by atoms with Crippen molar-refractivity contribution < 1.29 is 9.90 Å². The molecule has 3 heterocycles. The van der Waals surface area contributed by atoms with Crippen LogP contribution in [0.3, 0.4) is 0 Å². The van der Waals surface area contributed by atoms with E-state index in [4.69, 9.17) is 0 Å². The molecule has 0 aliphatic rings. The van der Waals surface area contributed by atoms with Gasteiger partial charge in [0.2, 0.25) is 0 Å². The van der Waals surface area contributed by atoms with E-state index in [9.17, 15) is 9.90 Å². The molecule has 0 radical (unpaired) electrons. The van der Waals surface area contributed by atoms with Crippen LogP contribution in [0, 0.1) is 25.7 Å². The normalized spacial score (nSPS) is 13.8. The minimum absolute atomic E-state index is 0.131. The number of aromatic nitrogens is 5. The van der Waals surface area contributed by atoms with Crippen LogP contribution in [0.25, 0.3) is 22.9 Å². The molecule has 0 spiro atoms. The van der Waals surface area contributed by atoms with Gasteiger partial charge in [0.05, 0.1) is 41.4 Å². The van der Waals surface area contributed by atoms with Gasteiger partial charge in [-0.2, -0.15) is 5.10 Å². The van der Waals surface area contributed by atoms with Crippen molar-refractivity contribution >= 4 is 28.9 Å². The molecule has 2 atom stereocenters. The van der Waals surface area contributed by atoms with E-state index in [-0.39, 0.29) is 17.9 Å². The fraction of sp³-hybridized carbons (Fsp3) is 0.424. The number of carbonyl (C=O) groups is 1. The lowest BCUT2D eigenvalue weighted by molar-refractivity contribution is 0.0920. The van der Waals surface area contributed by atoms with E-state index < -0.39 is 6.04 Å². The first-order valence-electron chi connectivity index (χ1n) is 14.3. The van der Waals surface area contributed by atoms with Crippen molar-refractivity contribution in [2.75, 3.05) is 6.61 Å². The molecular formula is C33H42N6O2S. The smallest absolute Gasteiger partial charge is 0.263 e. The van der Waals surface area contributed by atoms with Crippen molar-refractivity contribution in [1.29, 1.82) is 0 Å². The van der Waals surface area contributed by atoms with Crippen molar-refractivity contribution in [2.45, 2.75) is 66.8 Å². The number of thiazole rings is 1. The number of allylic oxidation sites excluding steroid dienone is 1. The lowest BCUT2D eigenvalue weighted by Gasteiger charge is -2.20. The van der Waals surface area contributed by atoms with Crippen molar-refractivity contribution in [2.24, 2.45) is 18.9 Å². The van der Waals surface area contributed by atoms with E-state index in [2.05, 4.69) is 79.1 Å².